The number of benzene rings is 1. The molecular weight excluding hydrogens is 366 g/mol. The van der Waals surface area contributed by atoms with E-state index in [2.05, 4.69) is 6.07 Å². The van der Waals surface area contributed by atoms with Gasteiger partial charge in [-0.25, -0.2) is 4.98 Å². The summed E-state index contributed by atoms with van der Waals surface area (Å²) >= 11 is 7.63. The Morgan fingerprint density at radius 1 is 1.38 bits per heavy atom. The minimum absolute atomic E-state index is 0.0273. The summed E-state index contributed by atoms with van der Waals surface area (Å²) in [4.78, 5) is 18.8. The number of hydrogen-bond donors (Lipinski definition) is 0. The molecule has 0 atom stereocenters. The van der Waals surface area contributed by atoms with Crippen molar-refractivity contribution in [3.63, 3.8) is 0 Å². The van der Waals surface area contributed by atoms with Crippen LogP contribution in [0.15, 0.2) is 28.4 Å². The quantitative estimate of drug-likeness (QED) is 0.543. The lowest BCUT2D eigenvalue weighted by Gasteiger charge is -2.14. The van der Waals surface area contributed by atoms with Crippen LogP contribution in [0.25, 0.3) is 21.3 Å². The molecule has 3 rings (SSSR count). The Bertz CT molecular complexity index is 1060. The number of halogens is 1. The molecule has 26 heavy (non-hydrogen) atoms. The number of rotatable bonds is 5. The van der Waals surface area contributed by atoms with Crippen molar-refractivity contribution in [2.45, 2.75) is 46.1 Å². The van der Waals surface area contributed by atoms with E-state index in [9.17, 15) is 4.79 Å². The first-order valence-corrected chi connectivity index (χ1v) is 9.85. The molecule has 0 saturated heterocycles. The lowest BCUT2D eigenvalue weighted by molar-refractivity contribution is 0.568. The third-order valence-corrected chi connectivity index (χ3v) is 5.68. The van der Waals surface area contributed by atoms with Crippen LogP contribution >= 0.6 is 22.9 Å². The molecule has 0 aliphatic heterocycles. The van der Waals surface area contributed by atoms with Crippen LogP contribution in [0.3, 0.4) is 0 Å². The molecule has 0 radical (unpaired) electrons. The molecule has 2 aromatic heterocycles. The average molecular weight is 386 g/mol. The summed E-state index contributed by atoms with van der Waals surface area (Å²) in [5.74, 6) is 0.915. The highest BCUT2D eigenvalue weighted by Crippen LogP contribution is 2.33. The van der Waals surface area contributed by atoms with E-state index in [1.807, 2.05) is 44.4 Å². The summed E-state index contributed by atoms with van der Waals surface area (Å²) in [6.07, 6.45) is 1.07. The zero-order valence-electron chi connectivity index (χ0n) is 15.0. The molecule has 0 spiro atoms. The number of nitriles is 1. The van der Waals surface area contributed by atoms with E-state index in [-0.39, 0.29) is 11.5 Å². The maximum atomic E-state index is 13.3. The van der Waals surface area contributed by atoms with Gasteiger partial charge in [-0.05, 0) is 36.6 Å². The molecule has 0 unspecified atom stereocenters. The molecule has 0 bridgehead atoms. The Hall–Kier alpha value is -2.16. The second kappa shape index (κ2) is 7.61. The molecule has 6 heteroatoms. The summed E-state index contributed by atoms with van der Waals surface area (Å²) in [5, 5.41) is 12.2. The summed E-state index contributed by atoms with van der Waals surface area (Å²) in [6.45, 7) is 6.53. The van der Waals surface area contributed by atoms with Crippen LogP contribution in [0, 0.1) is 18.3 Å². The summed E-state index contributed by atoms with van der Waals surface area (Å²) < 4.78 is 1.74. The number of thiophene rings is 1. The van der Waals surface area contributed by atoms with Crippen LogP contribution in [0.5, 0.6) is 0 Å². The molecule has 0 amide bonds. The van der Waals surface area contributed by atoms with Gasteiger partial charge in [0, 0.05) is 34.8 Å². The lowest BCUT2D eigenvalue weighted by Crippen LogP contribution is -2.26. The zero-order chi connectivity index (χ0) is 18.8. The molecule has 3 aromatic rings. The van der Waals surface area contributed by atoms with Gasteiger partial charge in [0.2, 0.25) is 0 Å². The van der Waals surface area contributed by atoms with Crippen LogP contribution in [-0.4, -0.2) is 9.55 Å². The van der Waals surface area contributed by atoms with Crippen LogP contribution in [0.4, 0.5) is 0 Å². The maximum absolute atomic E-state index is 13.3. The number of unbranched alkanes of at least 4 members (excludes halogenated alkanes) is 1. The molecule has 0 N–H and O–H groups in total. The zero-order valence-corrected chi connectivity index (χ0v) is 16.6. The van der Waals surface area contributed by atoms with Gasteiger partial charge >= 0.3 is 0 Å². The fourth-order valence-corrected chi connectivity index (χ4v) is 4.10. The monoisotopic (exact) mass is 385 g/mol. The second-order valence-electron chi connectivity index (χ2n) is 6.64. The van der Waals surface area contributed by atoms with Crippen molar-refractivity contribution >= 4 is 33.2 Å². The summed E-state index contributed by atoms with van der Waals surface area (Å²) in [5.41, 5.74) is 2.81. The van der Waals surface area contributed by atoms with E-state index in [0.29, 0.717) is 29.8 Å². The first kappa shape index (κ1) is 18.6. The van der Waals surface area contributed by atoms with Gasteiger partial charge in [0.25, 0.3) is 5.56 Å². The Kier molecular flexibility index (Phi) is 5.45. The molecule has 2 heterocycles. The molecule has 4 nitrogen and oxygen atoms in total. The van der Waals surface area contributed by atoms with E-state index in [0.717, 1.165) is 27.3 Å². The Morgan fingerprint density at radius 3 is 2.81 bits per heavy atom. The number of hydrogen-bond acceptors (Lipinski definition) is 4. The molecule has 0 fully saturated rings. The first-order chi connectivity index (χ1) is 12.4. The topological polar surface area (TPSA) is 58.7 Å². The number of aromatic nitrogens is 2. The Labute approximate surface area is 161 Å². The number of fused-ring (bicyclic) bond motifs is 1. The standard InChI is InChI=1S/C20H20ClN3OS/c1-12(2)18-23-19-17(20(25)24(18)9-5-4-8-22)15(11-26-19)14-6-7-16(21)13(3)10-14/h6-7,10-12H,4-5,9H2,1-3H3. The highest BCUT2D eigenvalue weighted by molar-refractivity contribution is 7.17. The van der Waals surface area contributed by atoms with Crippen molar-refractivity contribution < 1.29 is 0 Å². The van der Waals surface area contributed by atoms with Crippen molar-refractivity contribution in [1.82, 2.24) is 9.55 Å². The van der Waals surface area contributed by atoms with Gasteiger partial charge in [0.15, 0.2) is 0 Å². The van der Waals surface area contributed by atoms with Gasteiger partial charge in [0.1, 0.15) is 10.7 Å². The van der Waals surface area contributed by atoms with Crippen LogP contribution in [0.2, 0.25) is 5.02 Å². The van der Waals surface area contributed by atoms with E-state index >= 15 is 0 Å². The highest BCUT2D eigenvalue weighted by Gasteiger charge is 2.18. The smallest absolute Gasteiger partial charge is 0.262 e. The van der Waals surface area contributed by atoms with Crippen LogP contribution in [-0.2, 0) is 6.54 Å². The average Bonchev–Trinajstić information content (AvgIpc) is 3.03. The van der Waals surface area contributed by atoms with E-state index in [1.54, 1.807) is 4.57 Å². The fourth-order valence-electron chi connectivity index (χ4n) is 3.04. The van der Waals surface area contributed by atoms with Crippen LogP contribution < -0.4 is 5.56 Å². The molecule has 0 aliphatic carbocycles. The lowest BCUT2D eigenvalue weighted by atomic mass is 10.0. The van der Waals surface area contributed by atoms with E-state index in [1.165, 1.54) is 11.3 Å². The first-order valence-electron chi connectivity index (χ1n) is 8.59. The van der Waals surface area contributed by atoms with Gasteiger partial charge in [-0.15, -0.1) is 11.3 Å². The van der Waals surface area contributed by atoms with Gasteiger partial charge in [-0.1, -0.05) is 31.5 Å². The third-order valence-electron chi connectivity index (χ3n) is 4.38. The minimum Gasteiger partial charge on any atom is -0.296 e. The SMILES string of the molecule is Cc1cc(-c2csc3nc(C(C)C)n(CCCC#N)c(=O)c23)ccc1Cl. The summed E-state index contributed by atoms with van der Waals surface area (Å²) in [6, 6.07) is 7.94. The van der Waals surface area contributed by atoms with Gasteiger partial charge in [-0.3, -0.25) is 9.36 Å². The highest BCUT2D eigenvalue weighted by atomic mass is 35.5. The van der Waals surface area contributed by atoms with Gasteiger partial charge in [0.05, 0.1) is 11.5 Å². The predicted octanol–water partition coefficient (Wildman–Crippen LogP) is 5.51. The second-order valence-corrected chi connectivity index (χ2v) is 7.90. The molecule has 0 aliphatic rings. The van der Waals surface area contributed by atoms with Crippen molar-refractivity contribution in [3.8, 4) is 17.2 Å². The maximum Gasteiger partial charge on any atom is 0.262 e. The van der Waals surface area contributed by atoms with Crippen molar-refractivity contribution in [3.05, 3.63) is 50.3 Å². The molecule has 1 aromatic carbocycles. The normalized spacial score (nSPS) is 11.2. The molecular formula is C20H20ClN3OS. The van der Waals surface area contributed by atoms with Crippen LogP contribution in [0.1, 0.15) is 44.0 Å². The number of nitrogens with zero attached hydrogens (tertiary/aromatic N) is 3. The predicted molar refractivity (Wildman–Crippen MR) is 108 cm³/mol. The fraction of sp³-hybridized carbons (Fsp3) is 0.350. The summed E-state index contributed by atoms with van der Waals surface area (Å²) in [7, 11) is 0. The third kappa shape index (κ3) is 3.40. The van der Waals surface area contributed by atoms with Crippen molar-refractivity contribution in [2.24, 2.45) is 0 Å². The molecule has 0 saturated carbocycles. The van der Waals surface area contributed by atoms with Gasteiger partial charge < -0.3 is 0 Å². The van der Waals surface area contributed by atoms with E-state index in [4.69, 9.17) is 21.8 Å². The Balaban J connectivity index is 2.22. The van der Waals surface area contributed by atoms with E-state index < -0.39 is 0 Å². The van der Waals surface area contributed by atoms with Crippen molar-refractivity contribution in [1.29, 1.82) is 5.26 Å². The van der Waals surface area contributed by atoms with Gasteiger partial charge in [-0.2, -0.15) is 5.26 Å². The molecule has 134 valence electrons. The largest absolute Gasteiger partial charge is 0.296 e. The number of aryl methyl sites for hydroxylation is 1. The minimum atomic E-state index is -0.0273. The Morgan fingerprint density at radius 2 is 2.15 bits per heavy atom. The van der Waals surface area contributed by atoms with Crippen molar-refractivity contribution in [2.75, 3.05) is 0 Å².